The maximum atomic E-state index is 11.7. The lowest BCUT2D eigenvalue weighted by atomic mass is 10.1. The molecule has 3 heteroatoms. The van der Waals surface area contributed by atoms with Crippen LogP contribution >= 0.6 is 0 Å². The van der Waals surface area contributed by atoms with Gasteiger partial charge in [-0.2, -0.15) is 0 Å². The molecule has 0 spiro atoms. The Morgan fingerprint density at radius 3 is 1.92 bits per heavy atom. The first kappa shape index (κ1) is 24.9. The zero-order valence-corrected chi connectivity index (χ0v) is 17.4. The molecule has 0 saturated heterocycles. The highest BCUT2D eigenvalue weighted by Gasteiger charge is 2.04. The summed E-state index contributed by atoms with van der Waals surface area (Å²) in [5, 5.41) is 0. The molecular formula is C23H42O3. The summed E-state index contributed by atoms with van der Waals surface area (Å²) >= 11 is 0. The summed E-state index contributed by atoms with van der Waals surface area (Å²) in [6, 6.07) is 0. The van der Waals surface area contributed by atoms with E-state index in [4.69, 9.17) is 4.74 Å². The predicted octanol–water partition coefficient (Wildman–Crippen LogP) is 6.94. The molecule has 0 radical (unpaired) electrons. The summed E-state index contributed by atoms with van der Waals surface area (Å²) in [5.74, 6) is -0.0397. The van der Waals surface area contributed by atoms with Gasteiger partial charge in [0.15, 0.2) is 5.78 Å². The van der Waals surface area contributed by atoms with Crippen LogP contribution in [0.4, 0.5) is 0 Å². The van der Waals surface area contributed by atoms with Crippen molar-refractivity contribution in [2.75, 3.05) is 6.61 Å². The van der Waals surface area contributed by atoms with Crippen LogP contribution < -0.4 is 0 Å². The van der Waals surface area contributed by atoms with Crippen LogP contribution in [0.2, 0.25) is 0 Å². The fourth-order valence-corrected chi connectivity index (χ4v) is 2.89. The van der Waals surface area contributed by atoms with Gasteiger partial charge in [0.2, 0.25) is 0 Å². The Kier molecular flexibility index (Phi) is 19.3. The average Bonchev–Trinajstić information content (AvgIpc) is 2.63. The van der Waals surface area contributed by atoms with Crippen LogP contribution in [-0.2, 0) is 14.3 Å². The minimum Gasteiger partial charge on any atom is -0.466 e. The summed E-state index contributed by atoms with van der Waals surface area (Å²) in [6.45, 7) is 4.96. The van der Waals surface area contributed by atoms with Gasteiger partial charge in [0, 0.05) is 12.8 Å². The average molecular weight is 367 g/mol. The van der Waals surface area contributed by atoms with Crippen LogP contribution in [0.3, 0.4) is 0 Å². The van der Waals surface area contributed by atoms with Gasteiger partial charge in [-0.05, 0) is 31.8 Å². The zero-order valence-electron chi connectivity index (χ0n) is 17.4. The lowest BCUT2D eigenvalue weighted by Crippen LogP contribution is -2.06. The van der Waals surface area contributed by atoms with Gasteiger partial charge in [-0.1, -0.05) is 84.1 Å². The molecule has 0 fully saturated rings. The van der Waals surface area contributed by atoms with Crippen LogP contribution in [0.5, 0.6) is 0 Å². The van der Waals surface area contributed by atoms with Crippen molar-refractivity contribution < 1.29 is 14.3 Å². The number of carbonyl (C=O) groups is 2. The lowest BCUT2D eigenvalue weighted by molar-refractivity contribution is -0.143. The zero-order chi connectivity index (χ0) is 19.3. The Hall–Kier alpha value is -1.12. The van der Waals surface area contributed by atoms with Crippen molar-refractivity contribution >= 4 is 11.8 Å². The first-order valence-electron chi connectivity index (χ1n) is 11.1. The number of unbranched alkanes of at least 4 members (excludes halogenated alkanes) is 11. The monoisotopic (exact) mass is 366 g/mol. The molecule has 26 heavy (non-hydrogen) atoms. The van der Waals surface area contributed by atoms with Gasteiger partial charge in [-0.3, -0.25) is 9.59 Å². The normalized spacial score (nSPS) is 11.2. The lowest BCUT2D eigenvalue weighted by Gasteiger charge is -2.04. The molecule has 0 bridgehead atoms. The van der Waals surface area contributed by atoms with E-state index in [9.17, 15) is 9.59 Å². The van der Waals surface area contributed by atoms with E-state index in [1.807, 2.05) is 6.08 Å². The number of ketones is 1. The summed E-state index contributed by atoms with van der Waals surface area (Å²) in [6.07, 6.45) is 20.8. The van der Waals surface area contributed by atoms with E-state index >= 15 is 0 Å². The second-order valence-electron chi connectivity index (χ2n) is 7.27. The molecule has 0 heterocycles. The fourth-order valence-electron chi connectivity index (χ4n) is 2.89. The Morgan fingerprint density at radius 1 is 0.692 bits per heavy atom. The molecule has 0 rings (SSSR count). The van der Waals surface area contributed by atoms with Crippen LogP contribution in [0.15, 0.2) is 12.2 Å². The Labute approximate surface area is 162 Å². The van der Waals surface area contributed by atoms with Crippen LogP contribution in [-0.4, -0.2) is 18.4 Å². The van der Waals surface area contributed by atoms with Crippen LogP contribution in [0.1, 0.15) is 117 Å². The van der Waals surface area contributed by atoms with E-state index in [0.717, 1.165) is 25.7 Å². The Morgan fingerprint density at radius 2 is 1.27 bits per heavy atom. The van der Waals surface area contributed by atoms with Gasteiger partial charge in [-0.15, -0.1) is 0 Å². The third-order valence-corrected chi connectivity index (χ3v) is 4.59. The van der Waals surface area contributed by atoms with Gasteiger partial charge < -0.3 is 4.74 Å². The standard InChI is InChI=1S/C23H42O3/c1-3-5-7-9-11-12-13-15-18-22(24)19-17-20-23(25)26-21-16-14-10-8-6-4-2/h15,18H,3-14,16-17,19-21H2,1-2H3/b18-15-. The number of allylic oxidation sites excluding steroid dienone is 2. The molecule has 0 aliphatic heterocycles. The third-order valence-electron chi connectivity index (χ3n) is 4.59. The van der Waals surface area contributed by atoms with Crippen LogP contribution in [0.25, 0.3) is 0 Å². The Bertz CT molecular complexity index is 360. The van der Waals surface area contributed by atoms with Crippen molar-refractivity contribution in [2.45, 2.75) is 117 Å². The van der Waals surface area contributed by atoms with Gasteiger partial charge in [0.05, 0.1) is 6.61 Å². The van der Waals surface area contributed by atoms with Gasteiger partial charge in [0.25, 0.3) is 0 Å². The van der Waals surface area contributed by atoms with Crippen molar-refractivity contribution in [3.8, 4) is 0 Å². The molecule has 0 unspecified atom stereocenters. The van der Waals surface area contributed by atoms with E-state index in [1.54, 1.807) is 6.08 Å². The molecular weight excluding hydrogens is 324 g/mol. The summed E-state index contributed by atoms with van der Waals surface area (Å²) < 4.78 is 5.22. The van der Waals surface area contributed by atoms with Crippen molar-refractivity contribution in [3.05, 3.63) is 12.2 Å². The topological polar surface area (TPSA) is 43.4 Å². The largest absolute Gasteiger partial charge is 0.466 e. The van der Waals surface area contributed by atoms with Crippen molar-refractivity contribution in [1.29, 1.82) is 0 Å². The predicted molar refractivity (Wildman–Crippen MR) is 110 cm³/mol. The number of hydrogen-bond acceptors (Lipinski definition) is 3. The molecule has 0 aliphatic carbocycles. The number of ether oxygens (including phenoxy) is 1. The fraction of sp³-hybridized carbons (Fsp3) is 0.826. The second kappa shape index (κ2) is 20.2. The SMILES string of the molecule is CCCCCCCC/C=C\C(=O)CCCC(=O)OCCCCCCCC. The van der Waals surface area contributed by atoms with E-state index in [-0.39, 0.29) is 11.8 Å². The van der Waals surface area contributed by atoms with E-state index in [1.165, 1.54) is 57.8 Å². The van der Waals surface area contributed by atoms with Crippen molar-refractivity contribution in [1.82, 2.24) is 0 Å². The molecule has 0 aliphatic rings. The quantitative estimate of drug-likeness (QED) is 0.141. The Balaban J connectivity index is 3.42. The van der Waals surface area contributed by atoms with Gasteiger partial charge in [0.1, 0.15) is 0 Å². The minimum absolute atomic E-state index is 0.125. The summed E-state index contributed by atoms with van der Waals surface area (Å²) in [5.41, 5.74) is 0. The maximum Gasteiger partial charge on any atom is 0.305 e. The van der Waals surface area contributed by atoms with E-state index in [0.29, 0.717) is 25.9 Å². The molecule has 152 valence electrons. The van der Waals surface area contributed by atoms with Gasteiger partial charge in [-0.25, -0.2) is 0 Å². The molecule has 0 aromatic carbocycles. The first-order valence-corrected chi connectivity index (χ1v) is 11.1. The smallest absolute Gasteiger partial charge is 0.305 e. The van der Waals surface area contributed by atoms with E-state index < -0.39 is 0 Å². The van der Waals surface area contributed by atoms with E-state index in [2.05, 4.69) is 13.8 Å². The highest BCUT2D eigenvalue weighted by molar-refractivity contribution is 5.89. The molecule has 0 N–H and O–H groups in total. The molecule has 0 saturated carbocycles. The highest BCUT2D eigenvalue weighted by Crippen LogP contribution is 2.08. The first-order chi connectivity index (χ1) is 12.7. The number of esters is 1. The highest BCUT2D eigenvalue weighted by atomic mass is 16.5. The molecule has 0 amide bonds. The molecule has 0 aromatic heterocycles. The second-order valence-corrected chi connectivity index (χ2v) is 7.27. The number of rotatable bonds is 19. The minimum atomic E-state index is -0.164. The van der Waals surface area contributed by atoms with Gasteiger partial charge >= 0.3 is 5.97 Å². The van der Waals surface area contributed by atoms with Crippen molar-refractivity contribution in [3.63, 3.8) is 0 Å². The molecule has 0 aromatic rings. The van der Waals surface area contributed by atoms with Crippen molar-refractivity contribution in [2.24, 2.45) is 0 Å². The number of hydrogen-bond donors (Lipinski definition) is 0. The molecule has 0 atom stereocenters. The number of carbonyl (C=O) groups excluding carboxylic acids is 2. The molecule has 3 nitrogen and oxygen atoms in total. The third kappa shape index (κ3) is 19.2. The summed E-state index contributed by atoms with van der Waals surface area (Å²) in [4.78, 5) is 23.4. The summed E-state index contributed by atoms with van der Waals surface area (Å²) in [7, 11) is 0. The maximum absolute atomic E-state index is 11.7. The van der Waals surface area contributed by atoms with Crippen LogP contribution in [0, 0.1) is 0 Å².